The van der Waals surface area contributed by atoms with Crippen LogP contribution in [-0.2, 0) is 16.4 Å². The summed E-state index contributed by atoms with van der Waals surface area (Å²) in [6, 6.07) is 5.30. The van der Waals surface area contributed by atoms with E-state index in [2.05, 4.69) is 0 Å². The number of nitrogens with two attached hydrogens (primary N) is 1. The summed E-state index contributed by atoms with van der Waals surface area (Å²) >= 11 is 0. The van der Waals surface area contributed by atoms with Crippen molar-refractivity contribution in [3.8, 4) is 0 Å². The monoisotopic (exact) mass is 309 g/mol. The number of anilines is 1. The highest BCUT2D eigenvalue weighted by atomic mass is 32.2. The van der Waals surface area contributed by atoms with Gasteiger partial charge in [0.1, 0.15) is 0 Å². The van der Waals surface area contributed by atoms with Gasteiger partial charge in [-0.3, -0.25) is 9.10 Å². The molecular weight excluding hydrogens is 290 g/mol. The van der Waals surface area contributed by atoms with Crippen LogP contribution in [-0.4, -0.2) is 51.2 Å². The third-order valence-corrected chi connectivity index (χ3v) is 5.27. The molecule has 0 aromatic heterocycles. The summed E-state index contributed by atoms with van der Waals surface area (Å²) in [6.45, 7) is 1.72. The number of carbonyl (C=O) groups excluding carboxylic acids is 1. The number of nitrogens with zero attached hydrogens (tertiary/aromatic N) is 2. The van der Waals surface area contributed by atoms with Crippen molar-refractivity contribution in [2.45, 2.75) is 18.9 Å². The van der Waals surface area contributed by atoms with Gasteiger partial charge in [-0.2, -0.15) is 0 Å². The fraction of sp³-hybridized carbons (Fsp3) is 0.500. The number of amides is 1. The molecule has 1 amide bonds. The first-order chi connectivity index (χ1) is 9.86. The third kappa shape index (κ3) is 2.63. The molecule has 0 radical (unpaired) electrons. The van der Waals surface area contributed by atoms with Crippen LogP contribution in [0.4, 0.5) is 5.69 Å². The summed E-state index contributed by atoms with van der Waals surface area (Å²) in [5.41, 5.74) is 8.04. The molecule has 0 saturated carbocycles. The zero-order chi connectivity index (χ0) is 15.2. The summed E-state index contributed by atoms with van der Waals surface area (Å²) in [6.07, 6.45) is 2.67. The van der Waals surface area contributed by atoms with Crippen molar-refractivity contribution in [2.75, 3.05) is 30.2 Å². The number of benzene rings is 1. The fourth-order valence-electron chi connectivity index (χ4n) is 3.00. The molecule has 7 heteroatoms. The Kier molecular flexibility index (Phi) is 3.41. The van der Waals surface area contributed by atoms with Crippen molar-refractivity contribution >= 4 is 21.6 Å². The summed E-state index contributed by atoms with van der Waals surface area (Å²) in [5, 5.41) is 0. The second-order valence-corrected chi connectivity index (χ2v) is 7.64. The van der Waals surface area contributed by atoms with E-state index in [-0.39, 0.29) is 11.9 Å². The van der Waals surface area contributed by atoms with Crippen molar-refractivity contribution in [1.29, 1.82) is 0 Å². The van der Waals surface area contributed by atoms with Gasteiger partial charge in [0.2, 0.25) is 10.0 Å². The van der Waals surface area contributed by atoms with Gasteiger partial charge < -0.3 is 10.6 Å². The van der Waals surface area contributed by atoms with Crippen LogP contribution in [0.25, 0.3) is 0 Å². The van der Waals surface area contributed by atoms with Gasteiger partial charge in [0.15, 0.2) is 0 Å². The zero-order valence-electron chi connectivity index (χ0n) is 11.9. The minimum Gasteiger partial charge on any atom is -0.337 e. The van der Waals surface area contributed by atoms with Gasteiger partial charge in [-0.1, -0.05) is 0 Å². The van der Waals surface area contributed by atoms with Crippen molar-refractivity contribution in [3.05, 3.63) is 29.3 Å². The molecule has 0 spiro atoms. The Balaban J connectivity index is 1.86. The highest BCUT2D eigenvalue weighted by molar-refractivity contribution is 7.92. The molecule has 2 aliphatic rings. The largest absolute Gasteiger partial charge is 0.337 e. The smallest absolute Gasteiger partial charge is 0.253 e. The van der Waals surface area contributed by atoms with Crippen LogP contribution in [0.1, 0.15) is 22.3 Å². The third-order valence-electron chi connectivity index (χ3n) is 4.09. The highest BCUT2D eigenvalue weighted by Crippen LogP contribution is 2.31. The van der Waals surface area contributed by atoms with E-state index in [0.717, 1.165) is 12.0 Å². The number of likely N-dealkylation sites (tertiary alicyclic amines) is 1. The van der Waals surface area contributed by atoms with E-state index >= 15 is 0 Å². The zero-order valence-corrected chi connectivity index (χ0v) is 12.8. The molecule has 1 atom stereocenters. The van der Waals surface area contributed by atoms with Crippen molar-refractivity contribution in [2.24, 2.45) is 5.73 Å². The summed E-state index contributed by atoms with van der Waals surface area (Å²) in [7, 11) is -3.25. The van der Waals surface area contributed by atoms with Crippen LogP contribution in [0.3, 0.4) is 0 Å². The van der Waals surface area contributed by atoms with Gasteiger partial charge in [0, 0.05) is 31.2 Å². The lowest BCUT2D eigenvalue weighted by Crippen LogP contribution is -2.32. The lowest BCUT2D eigenvalue weighted by atomic mass is 10.1. The molecule has 114 valence electrons. The molecule has 21 heavy (non-hydrogen) atoms. The quantitative estimate of drug-likeness (QED) is 0.845. The number of fused-ring (bicyclic) bond motifs is 1. The van der Waals surface area contributed by atoms with Gasteiger partial charge in [-0.15, -0.1) is 0 Å². The van der Waals surface area contributed by atoms with Crippen LogP contribution in [0.5, 0.6) is 0 Å². The molecule has 6 nitrogen and oxygen atoms in total. The van der Waals surface area contributed by atoms with E-state index in [1.807, 2.05) is 6.07 Å². The lowest BCUT2D eigenvalue weighted by molar-refractivity contribution is 0.0791. The Labute approximate surface area is 124 Å². The minimum absolute atomic E-state index is 0.0245. The fourth-order valence-corrected chi connectivity index (χ4v) is 3.96. The lowest BCUT2D eigenvalue weighted by Gasteiger charge is -2.18. The number of hydrogen-bond donors (Lipinski definition) is 1. The molecule has 1 aromatic carbocycles. The molecule has 2 N–H and O–H groups in total. The van der Waals surface area contributed by atoms with Crippen molar-refractivity contribution in [1.82, 2.24) is 4.90 Å². The predicted octanol–water partition coefficient (Wildman–Crippen LogP) is 0.182. The normalized spacial score (nSPS) is 21.7. The molecule has 2 heterocycles. The maximum absolute atomic E-state index is 12.4. The predicted molar refractivity (Wildman–Crippen MR) is 80.8 cm³/mol. The molecular formula is C14H19N3O3S. The Bertz CT molecular complexity index is 687. The Morgan fingerprint density at radius 3 is 2.71 bits per heavy atom. The van der Waals surface area contributed by atoms with Gasteiger partial charge in [0.25, 0.3) is 5.91 Å². The molecule has 0 unspecified atom stereocenters. The number of hydrogen-bond acceptors (Lipinski definition) is 4. The van der Waals surface area contributed by atoms with Gasteiger partial charge in [-0.05, 0) is 36.6 Å². The maximum Gasteiger partial charge on any atom is 0.253 e. The van der Waals surface area contributed by atoms with Gasteiger partial charge >= 0.3 is 0 Å². The number of sulfonamides is 1. The number of carbonyl (C=O) groups is 1. The first kappa shape index (κ1) is 14.3. The molecule has 3 rings (SSSR count). The summed E-state index contributed by atoms with van der Waals surface area (Å²) < 4.78 is 24.8. The van der Waals surface area contributed by atoms with E-state index in [9.17, 15) is 13.2 Å². The Hall–Kier alpha value is -1.60. The topological polar surface area (TPSA) is 83.7 Å². The molecule has 0 aliphatic carbocycles. The average molecular weight is 309 g/mol. The van der Waals surface area contributed by atoms with E-state index in [1.54, 1.807) is 17.0 Å². The Morgan fingerprint density at radius 1 is 1.33 bits per heavy atom. The number of rotatable bonds is 2. The summed E-state index contributed by atoms with van der Waals surface area (Å²) in [5.74, 6) is -0.0245. The van der Waals surface area contributed by atoms with Crippen LogP contribution in [0.2, 0.25) is 0 Å². The molecule has 1 fully saturated rings. The second-order valence-electron chi connectivity index (χ2n) is 5.73. The van der Waals surface area contributed by atoms with Crippen LogP contribution < -0.4 is 10.0 Å². The van der Waals surface area contributed by atoms with Crippen LogP contribution in [0.15, 0.2) is 18.2 Å². The first-order valence-corrected chi connectivity index (χ1v) is 8.86. The van der Waals surface area contributed by atoms with E-state index in [4.69, 9.17) is 5.73 Å². The average Bonchev–Trinajstić information content (AvgIpc) is 3.02. The van der Waals surface area contributed by atoms with Gasteiger partial charge in [-0.25, -0.2) is 8.42 Å². The van der Waals surface area contributed by atoms with Crippen LogP contribution >= 0.6 is 0 Å². The molecule has 1 aromatic rings. The highest BCUT2D eigenvalue weighted by Gasteiger charge is 2.29. The van der Waals surface area contributed by atoms with E-state index < -0.39 is 10.0 Å². The van der Waals surface area contributed by atoms with Crippen LogP contribution in [0, 0.1) is 0 Å². The SMILES string of the molecule is CS(=O)(=O)N1CCc2cc(C(=O)N3CC[C@@H](N)C3)ccc21. The van der Waals surface area contributed by atoms with E-state index in [0.29, 0.717) is 37.3 Å². The maximum atomic E-state index is 12.4. The van der Waals surface area contributed by atoms with Crippen molar-refractivity contribution in [3.63, 3.8) is 0 Å². The minimum atomic E-state index is -3.25. The molecule has 2 aliphatic heterocycles. The second kappa shape index (κ2) is 4.99. The Morgan fingerprint density at radius 2 is 2.10 bits per heavy atom. The molecule has 1 saturated heterocycles. The van der Waals surface area contributed by atoms with E-state index in [1.165, 1.54) is 10.6 Å². The standard InChI is InChI=1S/C14H19N3O3S/c1-21(19,20)17-7-4-10-8-11(2-3-13(10)17)14(18)16-6-5-12(15)9-16/h2-3,8,12H,4-7,9,15H2,1H3/t12-/m1/s1. The molecule has 0 bridgehead atoms. The first-order valence-electron chi connectivity index (χ1n) is 7.02. The summed E-state index contributed by atoms with van der Waals surface area (Å²) in [4.78, 5) is 14.2. The van der Waals surface area contributed by atoms with Gasteiger partial charge in [0.05, 0.1) is 11.9 Å². The van der Waals surface area contributed by atoms with Crippen molar-refractivity contribution < 1.29 is 13.2 Å².